The maximum Gasteiger partial charge on any atom is 0.00931 e. The van der Waals surface area contributed by atoms with Crippen molar-refractivity contribution in [1.29, 1.82) is 0 Å². The van der Waals surface area contributed by atoms with Crippen molar-refractivity contribution in [2.75, 3.05) is 6.54 Å². The maximum absolute atomic E-state index is 3.54. The van der Waals surface area contributed by atoms with Crippen LogP contribution in [0.2, 0.25) is 0 Å². The first kappa shape index (κ1) is 8.06. The Hall–Kier alpha value is -0.0400. The summed E-state index contributed by atoms with van der Waals surface area (Å²) in [5.41, 5.74) is 0. The van der Waals surface area contributed by atoms with Crippen LogP contribution in [0.1, 0.15) is 39.5 Å². The molecular formula is C9H19N. The first-order valence-corrected chi connectivity index (χ1v) is 4.61. The SMILES string of the molecule is CCCC1CCNC1CC. The van der Waals surface area contributed by atoms with Crippen LogP contribution in [0, 0.1) is 5.92 Å². The number of hydrogen-bond acceptors (Lipinski definition) is 1. The van der Waals surface area contributed by atoms with Crippen LogP contribution < -0.4 is 5.32 Å². The van der Waals surface area contributed by atoms with Crippen molar-refractivity contribution in [3.8, 4) is 0 Å². The Labute approximate surface area is 64.2 Å². The molecule has 0 saturated carbocycles. The Morgan fingerprint density at radius 1 is 1.40 bits per heavy atom. The van der Waals surface area contributed by atoms with Crippen LogP contribution in [0.3, 0.4) is 0 Å². The van der Waals surface area contributed by atoms with E-state index in [1.165, 1.54) is 32.2 Å². The third kappa shape index (κ3) is 1.72. The molecule has 10 heavy (non-hydrogen) atoms. The van der Waals surface area contributed by atoms with Gasteiger partial charge in [-0.05, 0) is 31.7 Å². The van der Waals surface area contributed by atoms with Gasteiger partial charge >= 0.3 is 0 Å². The molecule has 0 aromatic carbocycles. The molecule has 0 spiro atoms. The van der Waals surface area contributed by atoms with Crippen LogP contribution in [-0.4, -0.2) is 12.6 Å². The molecule has 2 atom stereocenters. The first-order chi connectivity index (χ1) is 4.88. The van der Waals surface area contributed by atoms with Gasteiger partial charge in [-0.1, -0.05) is 20.3 Å². The van der Waals surface area contributed by atoms with Crippen molar-refractivity contribution >= 4 is 0 Å². The van der Waals surface area contributed by atoms with Crippen LogP contribution in [0.4, 0.5) is 0 Å². The maximum atomic E-state index is 3.54. The van der Waals surface area contributed by atoms with Crippen molar-refractivity contribution in [3.05, 3.63) is 0 Å². The molecule has 60 valence electrons. The van der Waals surface area contributed by atoms with Gasteiger partial charge < -0.3 is 5.32 Å². The third-order valence-electron chi connectivity index (χ3n) is 2.59. The summed E-state index contributed by atoms with van der Waals surface area (Å²) in [6.07, 6.45) is 5.49. The lowest BCUT2D eigenvalue weighted by Gasteiger charge is -2.16. The summed E-state index contributed by atoms with van der Waals surface area (Å²) >= 11 is 0. The van der Waals surface area contributed by atoms with Gasteiger partial charge in [-0.25, -0.2) is 0 Å². The highest BCUT2D eigenvalue weighted by Gasteiger charge is 2.23. The van der Waals surface area contributed by atoms with E-state index in [1.54, 1.807) is 0 Å². The molecule has 0 radical (unpaired) electrons. The Morgan fingerprint density at radius 2 is 2.20 bits per heavy atom. The van der Waals surface area contributed by atoms with Gasteiger partial charge in [0, 0.05) is 6.04 Å². The second kappa shape index (κ2) is 3.97. The van der Waals surface area contributed by atoms with Gasteiger partial charge in [0.25, 0.3) is 0 Å². The zero-order chi connectivity index (χ0) is 7.40. The van der Waals surface area contributed by atoms with E-state index < -0.39 is 0 Å². The van der Waals surface area contributed by atoms with E-state index in [-0.39, 0.29) is 0 Å². The van der Waals surface area contributed by atoms with E-state index in [2.05, 4.69) is 19.2 Å². The fourth-order valence-corrected chi connectivity index (χ4v) is 2.02. The largest absolute Gasteiger partial charge is 0.314 e. The fraction of sp³-hybridized carbons (Fsp3) is 1.00. The molecule has 1 nitrogen and oxygen atoms in total. The summed E-state index contributed by atoms with van der Waals surface area (Å²) in [4.78, 5) is 0. The Balaban J connectivity index is 2.27. The molecule has 1 heterocycles. The van der Waals surface area contributed by atoms with Crippen molar-refractivity contribution in [1.82, 2.24) is 5.32 Å². The summed E-state index contributed by atoms with van der Waals surface area (Å²) < 4.78 is 0. The zero-order valence-corrected chi connectivity index (χ0v) is 7.19. The molecule has 0 bridgehead atoms. The van der Waals surface area contributed by atoms with Gasteiger partial charge in [0.05, 0.1) is 0 Å². The normalized spacial score (nSPS) is 33.0. The van der Waals surface area contributed by atoms with E-state index in [0.29, 0.717) is 0 Å². The van der Waals surface area contributed by atoms with Crippen molar-refractivity contribution in [2.45, 2.75) is 45.6 Å². The molecule has 1 N–H and O–H groups in total. The minimum atomic E-state index is 0.833. The van der Waals surface area contributed by atoms with Crippen LogP contribution in [0.25, 0.3) is 0 Å². The van der Waals surface area contributed by atoms with Gasteiger partial charge in [0.1, 0.15) is 0 Å². The second-order valence-electron chi connectivity index (χ2n) is 3.31. The van der Waals surface area contributed by atoms with E-state index in [1.807, 2.05) is 0 Å². The van der Waals surface area contributed by atoms with Crippen LogP contribution in [-0.2, 0) is 0 Å². The fourth-order valence-electron chi connectivity index (χ4n) is 2.02. The van der Waals surface area contributed by atoms with Gasteiger partial charge in [-0.3, -0.25) is 0 Å². The summed E-state index contributed by atoms with van der Waals surface area (Å²) in [6, 6.07) is 0.833. The predicted molar refractivity (Wildman–Crippen MR) is 45.1 cm³/mol. The van der Waals surface area contributed by atoms with Crippen LogP contribution in [0.15, 0.2) is 0 Å². The van der Waals surface area contributed by atoms with Crippen LogP contribution in [0.5, 0.6) is 0 Å². The Bertz CT molecular complexity index is 90.7. The van der Waals surface area contributed by atoms with E-state index in [9.17, 15) is 0 Å². The standard InChI is InChI=1S/C9H19N/c1-3-5-8-6-7-10-9(8)4-2/h8-10H,3-7H2,1-2H3. The quantitative estimate of drug-likeness (QED) is 0.635. The molecule has 1 saturated heterocycles. The molecule has 0 amide bonds. The van der Waals surface area contributed by atoms with Crippen molar-refractivity contribution in [2.24, 2.45) is 5.92 Å². The van der Waals surface area contributed by atoms with E-state index in [0.717, 1.165) is 12.0 Å². The molecule has 2 unspecified atom stereocenters. The molecule has 1 aliphatic rings. The molecule has 1 fully saturated rings. The summed E-state index contributed by atoms with van der Waals surface area (Å²) in [6.45, 7) is 5.82. The summed E-state index contributed by atoms with van der Waals surface area (Å²) in [7, 11) is 0. The van der Waals surface area contributed by atoms with Gasteiger partial charge in [0.15, 0.2) is 0 Å². The highest BCUT2D eigenvalue weighted by molar-refractivity contribution is 4.81. The van der Waals surface area contributed by atoms with Gasteiger partial charge in [-0.15, -0.1) is 0 Å². The average Bonchev–Trinajstić information content (AvgIpc) is 2.36. The highest BCUT2D eigenvalue weighted by atomic mass is 14.9. The summed E-state index contributed by atoms with van der Waals surface area (Å²) in [5.74, 6) is 0.981. The second-order valence-corrected chi connectivity index (χ2v) is 3.31. The smallest absolute Gasteiger partial charge is 0.00931 e. The third-order valence-corrected chi connectivity index (χ3v) is 2.59. The van der Waals surface area contributed by atoms with Crippen LogP contribution >= 0.6 is 0 Å². The summed E-state index contributed by atoms with van der Waals surface area (Å²) in [5, 5.41) is 3.54. The average molecular weight is 141 g/mol. The molecule has 1 aliphatic heterocycles. The topological polar surface area (TPSA) is 12.0 Å². The lowest BCUT2D eigenvalue weighted by Crippen LogP contribution is -2.25. The van der Waals surface area contributed by atoms with E-state index >= 15 is 0 Å². The number of rotatable bonds is 3. The number of nitrogens with one attached hydrogen (secondary N) is 1. The number of hydrogen-bond donors (Lipinski definition) is 1. The lowest BCUT2D eigenvalue weighted by atomic mass is 9.94. The molecule has 1 rings (SSSR count). The van der Waals surface area contributed by atoms with Gasteiger partial charge in [-0.2, -0.15) is 0 Å². The first-order valence-electron chi connectivity index (χ1n) is 4.61. The Morgan fingerprint density at radius 3 is 2.80 bits per heavy atom. The van der Waals surface area contributed by atoms with Crippen molar-refractivity contribution in [3.63, 3.8) is 0 Å². The monoisotopic (exact) mass is 141 g/mol. The molecule has 1 heteroatoms. The predicted octanol–water partition coefficient (Wildman–Crippen LogP) is 2.17. The van der Waals surface area contributed by atoms with E-state index in [4.69, 9.17) is 0 Å². The molecule has 0 aromatic heterocycles. The minimum absolute atomic E-state index is 0.833. The van der Waals surface area contributed by atoms with Crippen molar-refractivity contribution < 1.29 is 0 Å². The molecular weight excluding hydrogens is 122 g/mol. The highest BCUT2D eigenvalue weighted by Crippen LogP contribution is 2.22. The molecule has 0 aromatic rings. The Kier molecular flexibility index (Phi) is 3.20. The minimum Gasteiger partial charge on any atom is -0.314 e. The lowest BCUT2D eigenvalue weighted by molar-refractivity contribution is 0.407. The molecule has 0 aliphatic carbocycles. The van der Waals surface area contributed by atoms with Gasteiger partial charge in [0.2, 0.25) is 0 Å². The zero-order valence-electron chi connectivity index (χ0n) is 7.19.